The van der Waals surface area contributed by atoms with Gasteiger partial charge in [0.1, 0.15) is 5.82 Å². The summed E-state index contributed by atoms with van der Waals surface area (Å²) in [6.07, 6.45) is 3.12. The van der Waals surface area contributed by atoms with Gasteiger partial charge in [-0.25, -0.2) is 9.18 Å². The minimum Gasteiger partial charge on any atom is -0.478 e. The highest BCUT2D eigenvalue weighted by atomic mass is 19.1. The number of rotatable bonds is 4. The van der Waals surface area contributed by atoms with Crippen LogP contribution in [-0.4, -0.2) is 37.4 Å². The number of benzene rings is 1. The summed E-state index contributed by atoms with van der Waals surface area (Å²) in [5.41, 5.74) is 0.965. The van der Waals surface area contributed by atoms with Crippen molar-refractivity contribution in [1.82, 2.24) is 0 Å². The molecule has 0 aliphatic carbocycles. The number of likely N-dealkylation sites (N-methyl/N-ethyl adjacent to an activating group) is 1. The predicted octanol–water partition coefficient (Wildman–Crippen LogP) is 2.15. The van der Waals surface area contributed by atoms with Crippen molar-refractivity contribution in [2.45, 2.75) is 12.5 Å². The smallest absolute Gasteiger partial charge is 0.328 e. The molecule has 0 radical (unpaired) electrons. The average molecular weight is 265 g/mol. The first-order chi connectivity index (χ1) is 9.09. The van der Waals surface area contributed by atoms with E-state index in [0.29, 0.717) is 24.5 Å². The van der Waals surface area contributed by atoms with Crippen LogP contribution in [0.1, 0.15) is 12.0 Å². The molecule has 1 unspecified atom stereocenters. The number of halogens is 1. The van der Waals surface area contributed by atoms with Gasteiger partial charge in [0.15, 0.2) is 0 Å². The van der Waals surface area contributed by atoms with E-state index in [4.69, 9.17) is 9.84 Å². The zero-order valence-electron chi connectivity index (χ0n) is 10.7. The van der Waals surface area contributed by atoms with E-state index in [1.807, 2.05) is 11.9 Å². The molecule has 1 saturated heterocycles. The molecule has 0 spiro atoms. The number of aliphatic carboxylic acids is 1. The first kappa shape index (κ1) is 13.5. The van der Waals surface area contributed by atoms with Crippen molar-refractivity contribution >= 4 is 17.7 Å². The molecule has 1 aromatic rings. The van der Waals surface area contributed by atoms with Crippen LogP contribution in [-0.2, 0) is 9.53 Å². The summed E-state index contributed by atoms with van der Waals surface area (Å²) < 4.78 is 19.2. The summed E-state index contributed by atoms with van der Waals surface area (Å²) >= 11 is 0. The van der Waals surface area contributed by atoms with Gasteiger partial charge in [0.25, 0.3) is 0 Å². The molecular weight excluding hydrogens is 249 g/mol. The average Bonchev–Trinajstić information content (AvgIpc) is 2.89. The highest BCUT2D eigenvalue weighted by molar-refractivity contribution is 5.87. The molecule has 1 N–H and O–H groups in total. The molecule has 1 aliphatic heterocycles. The second kappa shape index (κ2) is 5.84. The molecule has 1 atom stereocenters. The maximum absolute atomic E-state index is 13.8. The molecule has 0 bridgehead atoms. The van der Waals surface area contributed by atoms with Gasteiger partial charge in [0.2, 0.25) is 0 Å². The van der Waals surface area contributed by atoms with Crippen LogP contribution < -0.4 is 4.90 Å². The highest BCUT2D eigenvalue weighted by Crippen LogP contribution is 2.27. The lowest BCUT2D eigenvalue weighted by molar-refractivity contribution is -0.131. The molecule has 2 rings (SSSR count). The topological polar surface area (TPSA) is 49.8 Å². The van der Waals surface area contributed by atoms with E-state index < -0.39 is 11.8 Å². The number of hydrogen-bond donors (Lipinski definition) is 1. The fourth-order valence-corrected chi connectivity index (χ4v) is 2.18. The van der Waals surface area contributed by atoms with Crippen LogP contribution in [0.5, 0.6) is 0 Å². The number of carboxylic acid groups (broad SMARTS) is 1. The van der Waals surface area contributed by atoms with E-state index >= 15 is 0 Å². The Kier molecular flexibility index (Phi) is 4.16. The predicted molar refractivity (Wildman–Crippen MR) is 70.7 cm³/mol. The molecule has 4 nitrogen and oxygen atoms in total. The Morgan fingerprint density at radius 2 is 2.37 bits per heavy atom. The Labute approximate surface area is 111 Å². The molecular formula is C14H16FNO3. The molecule has 0 amide bonds. The summed E-state index contributed by atoms with van der Waals surface area (Å²) in [7, 11) is 1.87. The molecule has 0 saturated carbocycles. The van der Waals surface area contributed by atoms with Crippen LogP contribution in [0.15, 0.2) is 24.3 Å². The van der Waals surface area contributed by atoms with Crippen LogP contribution in [0.25, 0.3) is 6.08 Å². The van der Waals surface area contributed by atoms with Crippen LogP contribution >= 0.6 is 0 Å². The van der Waals surface area contributed by atoms with E-state index in [9.17, 15) is 9.18 Å². The van der Waals surface area contributed by atoms with Crippen LogP contribution in [0, 0.1) is 5.82 Å². The molecule has 0 aromatic heterocycles. The quantitative estimate of drug-likeness (QED) is 0.847. The second-order valence-corrected chi connectivity index (χ2v) is 4.47. The van der Waals surface area contributed by atoms with Gasteiger partial charge in [0.05, 0.1) is 12.6 Å². The van der Waals surface area contributed by atoms with Gasteiger partial charge in [0, 0.05) is 31.0 Å². The molecule has 1 fully saturated rings. The van der Waals surface area contributed by atoms with Gasteiger partial charge in [-0.05, 0) is 24.6 Å². The van der Waals surface area contributed by atoms with Gasteiger partial charge in [-0.3, -0.25) is 0 Å². The standard InChI is InChI=1S/C14H16FNO3/c1-16(10-7-8-19-9-10)13-4-2-3-12(15)11(13)5-6-14(17)18/h2-6,10H,7-9H2,1H3,(H,17,18)/b6-5+. The number of nitrogens with zero attached hydrogens (tertiary/aromatic N) is 1. The monoisotopic (exact) mass is 265 g/mol. The summed E-state index contributed by atoms with van der Waals surface area (Å²) in [4.78, 5) is 12.5. The van der Waals surface area contributed by atoms with E-state index in [2.05, 4.69) is 0 Å². The highest BCUT2D eigenvalue weighted by Gasteiger charge is 2.22. The SMILES string of the molecule is CN(c1cccc(F)c1/C=C/C(=O)O)C1CCOC1. The number of hydrogen-bond acceptors (Lipinski definition) is 3. The first-order valence-electron chi connectivity index (χ1n) is 6.09. The van der Waals surface area contributed by atoms with Crippen molar-refractivity contribution in [2.24, 2.45) is 0 Å². The Morgan fingerprint density at radius 3 is 3.00 bits per heavy atom. The number of carboxylic acids is 1. The van der Waals surface area contributed by atoms with Gasteiger partial charge in [-0.15, -0.1) is 0 Å². The maximum atomic E-state index is 13.8. The Bertz CT molecular complexity index is 495. The van der Waals surface area contributed by atoms with Crippen molar-refractivity contribution in [3.05, 3.63) is 35.7 Å². The van der Waals surface area contributed by atoms with Crippen LogP contribution in [0.4, 0.5) is 10.1 Å². The normalized spacial score (nSPS) is 18.9. The fraction of sp³-hybridized carbons (Fsp3) is 0.357. The molecule has 1 heterocycles. The maximum Gasteiger partial charge on any atom is 0.328 e. The van der Waals surface area contributed by atoms with Crippen molar-refractivity contribution in [2.75, 3.05) is 25.2 Å². The fourth-order valence-electron chi connectivity index (χ4n) is 2.18. The molecule has 1 aromatic carbocycles. The molecule has 5 heteroatoms. The molecule has 19 heavy (non-hydrogen) atoms. The minimum absolute atomic E-state index is 0.193. The van der Waals surface area contributed by atoms with Gasteiger partial charge in [-0.1, -0.05) is 6.07 Å². The summed E-state index contributed by atoms with van der Waals surface area (Å²) in [6, 6.07) is 4.92. The minimum atomic E-state index is -1.10. The zero-order valence-corrected chi connectivity index (χ0v) is 10.7. The number of carbonyl (C=O) groups is 1. The Hall–Kier alpha value is -1.88. The van der Waals surface area contributed by atoms with E-state index in [1.54, 1.807) is 12.1 Å². The van der Waals surface area contributed by atoms with Gasteiger partial charge in [-0.2, -0.15) is 0 Å². The summed E-state index contributed by atoms with van der Waals surface area (Å²) in [6.45, 7) is 1.31. The lowest BCUT2D eigenvalue weighted by Gasteiger charge is -2.27. The Morgan fingerprint density at radius 1 is 1.58 bits per heavy atom. The molecule has 1 aliphatic rings. The zero-order chi connectivity index (χ0) is 13.8. The van der Waals surface area contributed by atoms with Crippen molar-refractivity contribution in [3.63, 3.8) is 0 Å². The Balaban J connectivity index is 2.33. The van der Waals surface area contributed by atoms with Crippen LogP contribution in [0.3, 0.4) is 0 Å². The number of ether oxygens (including phenoxy) is 1. The summed E-state index contributed by atoms with van der Waals surface area (Å²) in [5, 5.41) is 8.66. The third-order valence-corrected chi connectivity index (χ3v) is 3.26. The first-order valence-corrected chi connectivity index (χ1v) is 6.09. The van der Waals surface area contributed by atoms with E-state index in [-0.39, 0.29) is 6.04 Å². The van der Waals surface area contributed by atoms with Crippen molar-refractivity contribution < 1.29 is 19.0 Å². The van der Waals surface area contributed by atoms with E-state index in [1.165, 1.54) is 12.1 Å². The lowest BCUT2D eigenvalue weighted by Crippen LogP contribution is -2.32. The lowest BCUT2D eigenvalue weighted by atomic mass is 10.1. The van der Waals surface area contributed by atoms with E-state index in [0.717, 1.165) is 12.5 Å². The van der Waals surface area contributed by atoms with Crippen LogP contribution in [0.2, 0.25) is 0 Å². The molecule has 102 valence electrons. The summed E-state index contributed by atoms with van der Waals surface area (Å²) in [5.74, 6) is -1.53. The third kappa shape index (κ3) is 3.12. The second-order valence-electron chi connectivity index (χ2n) is 4.47. The van der Waals surface area contributed by atoms with Crippen molar-refractivity contribution in [1.29, 1.82) is 0 Å². The van der Waals surface area contributed by atoms with Gasteiger partial charge >= 0.3 is 5.97 Å². The van der Waals surface area contributed by atoms with Gasteiger partial charge < -0.3 is 14.7 Å². The number of anilines is 1. The van der Waals surface area contributed by atoms with Crippen molar-refractivity contribution in [3.8, 4) is 0 Å². The largest absolute Gasteiger partial charge is 0.478 e. The third-order valence-electron chi connectivity index (χ3n) is 3.26.